The first kappa shape index (κ1) is 16.0. The highest BCUT2D eigenvalue weighted by Crippen LogP contribution is 2.30. The molecule has 0 radical (unpaired) electrons. The molecule has 5 heteroatoms. The van der Waals surface area contributed by atoms with Crippen molar-refractivity contribution in [1.29, 1.82) is 0 Å². The van der Waals surface area contributed by atoms with Crippen LogP contribution in [0.5, 0.6) is 5.75 Å². The van der Waals surface area contributed by atoms with Crippen molar-refractivity contribution in [1.82, 2.24) is 4.72 Å². The quantitative estimate of drug-likeness (QED) is 0.713. The molecule has 0 aromatic heterocycles. The minimum Gasteiger partial charge on any atom is -0.493 e. The van der Waals surface area contributed by atoms with Crippen molar-refractivity contribution in [3.05, 3.63) is 42.5 Å². The second kappa shape index (κ2) is 7.09. The van der Waals surface area contributed by atoms with E-state index in [1.807, 2.05) is 31.2 Å². The Balaban J connectivity index is 1.95. The van der Waals surface area contributed by atoms with Crippen molar-refractivity contribution < 1.29 is 13.2 Å². The topological polar surface area (TPSA) is 55.4 Å². The first-order chi connectivity index (χ1) is 10.00. The summed E-state index contributed by atoms with van der Waals surface area (Å²) in [7, 11) is -3.28. The number of nitrogens with one attached hydrogen (secondary N) is 1. The van der Waals surface area contributed by atoms with Gasteiger partial charge in [0.25, 0.3) is 0 Å². The molecule has 1 fully saturated rings. The number of rotatable bonds is 9. The average molecular weight is 309 g/mol. The molecule has 1 saturated carbocycles. The number of hydrogen-bond acceptors (Lipinski definition) is 3. The van der Waals surface area contributed by atoms with Crippen LogP contribution in [0.25, 0.3) is 0 Å². The maximum atomic E-state index is 11.9. The standard InChI is InChI=1S/C16H23NO3S/c1-3-4-10-21(18,19)17-13(2)15-6-5-7-16(11-15)20-12-14-8-9-14/h3,5-7,11,13-14,17H,1,4,8-10,12H2,2H3/t13-/m1/s1. The van der Waals surface area contributed by atoms with Gasteiger partial charge in [0.2, 0.25) is 10.0 Å². The highest BCUT2D eigenvalue weighted by Gasteiger charge is 2.22. The van der Waals surface area contributed by atoms with Crippen molar-refractivity contribution in [3.8, 4) is 5.75 Å². The molecule has 1 aliphatic rings. The molecular weight excluding hydrogens is 286 g/mol. The normalized spacial score (nSPS) is 16.4. The average Bonchev–Trinajstić information content (AvgIpc) is 3.27. The van der Waals surface area contributed by atoms with Gasteiger partial charge in [-0.1, -0.05) is 18.2 Å². The molecule has 1 N–H and O–H groups in total. The number of hydrogen-bond donors (Lipinski definition) is 1. The van der Waals surface area contributed by atoms with E-state index >= 15 is 0 Å². The lowest BCUT2D eigenvalue weighted by Crippen LogP contribution is -2.29. The van der Waals surface area contributed by atoms with Crippen LogP contribution in [0.1, 0.15) is 37.8 Å². The van der Waals surface area contributed by atoms with Gasteiger partial charge in [0.05, 0.1) is 12.4 Å². The number of benzene rings is 1. The zero-order valence-electron chi connectivity index (χ0n) is 12.4. The Labute approximate surface area is 127 Å². The van der Waals surface area contributed by atoms with Crippen LogP contribution in [-0.2, 0) is 10.0 Å². The van der Waals surface area contributed by atoms with Crippen molar-refractivity contribution in [2.75, 3.05) is 12.4 Å². The first-order valence-electron chi connectivity index (χ1n) is 7.34. The molecule has 0 bridgehead atoms. The van der Waals surface area contributed by atoms with E-state index in [0.717, 1.165) is 17.9 Å². The molecular formula is C16H23NO3S. The van der Waals surface area contributed by atoms with E-state index in [2.05, 4.69) is 11.3 Å². The molecule has 1 atom stereocenters. The Morgan fingerprint density at radius 1 is 1.48 bits per heavy atom. The molecule has 0 spiro atoms. The van der Waals surface area contributed by atoms with Crippen molar-refractivity contribution in [2.24, 2.45) is 5.92 Å². The predicted molar refractivity (Wildman–Crippen MR) is 84.8 cm³/mol. The molecule has 4 nitrogen and oxygen atoms in total. The fraction of sp³-hybridized carbons (Fsp3) is 0.500. The molecule has 0 heterocycles. The molecule has 1 aromatic rings. The summed E-state index contributed by atoms with van der Waals surface area (Å²) >= 11 is 0. The van der Waals surface area contributed by atoms with Gasteiger partial charge in [-0.2, -0.15) is 0 Å². The lowest BCUT2D eigenvalue weighted by atomic mass is 10.1. The smallest absolute Gasteiger partial charge is 0.212 e. The molecule has 0 saturated heterocycles. The zero-order chi connectivity index (χ0) is 15.3. The summed E-state index contributed by atoms with van der Waals surface area (Å²) in [6.07, 6.45) is 4.56. The summed E-state index contributed by atoms with van der Waals surface area (Å²) in [5, 5.41) is 0. The predicted octanol–water partition coefficient (Wildman–Crippen LogP) is 3.03. The third-order valence-electron chi connectivity index (χ3n) is 3.49. The molecule has 0 unspecified atom stereocenters. The molecule has 1 aliphatic carbocycles. The van der Waals surface area contributed by atoms with Gasteiger partial charge < -0.3 is 4.74 Å². The van der Waals surface area contributed by atoms with E-state index in [4.69, 9.17) is 4.74 Å². The van der Waals surface area contributed by atoms with E-state index in [0.29, 0.717) is 12.3 Å². The molecule has 21 heavy (non-hydrogen) atoms. The summed E-state index contributed by atoms with van der Waals surface area (Å²) in [5.74, 6) is 1.57. The highest BCUT2D eigenvalue weighted by atomic mass is 32.2. The maximum Gasteiger partial charge on any atom is 0.212 e. The van der Waals surface area contributed by atoms with Crippen LogP contribution in [0.4, 0.5) is 0 Å². The Morgan fingerprint density at radius 3 is 2.90 bits per heavy atom. The maximum absolute atomic E-state index is 11.9. The Morgan fingerprint density at radius 2 is 2.24 bits per heavy atom. The molecule has 0 amide bonds. The zero-order valence-corrected chi connectivity index (χ0v) is 13.2. The number of allylic oxidation sites excluding steroid dienone is 1. The van der Waals surface area contributed by atoms with Gasteiger partial charge in [-0.05, 0) is 49.8 Å². The van der Waals surface area contributed by atoms with E-state index in [1.165, 1.54) is 12.8 Å². The largest absolute Gasteiger partial charge is 0.493 e. The van der Waals surface area contributed by atoms with Gasteiger partial charge in [0.15, 0.2) is 0 Å². The minimum atomic E-state index is -3.28. The third kappa shape index (κ3) is 5.52. The van der Waals surface area contributed by atoms with Crippen LogP contribution in [0.3, 0.4) is 0 Å². The van der Waals surface area contributed by atoms with Gasteiger partial charge in [0.1, 0.15) is 5.75 Å². The second-order valence-electron chi connectivity index (χ2n) is 5.56. The molecule has 2 rings (SSSR count). The van der Waals surface area contributed by atoms with Crippen molar-refractivity contribution in [2.45, 2.75) is 32.2 Å². The van der Waals surface area contributed by atoms with E-state index < -0.39 is 10.0 Å². The van der Waals surface area contributed by atoms with Crippen LogP contribution < -0.4 is 9.46 Å². The van der Waals surface area contributed by atoms with Gasteiger partial charge in [0, 0.05) is 6.04 Å². The Hall–Kier alpha value is -1.33. The van der Waals surface area contributed by atoms with Gasteiger partial charge in [-0.15, -0.1) is 6.58 Å². The summed E-state index contributed by atoms with van der Waals surface area (Å²) in [5.41, 5.74) is 0.908. The summed E-state index contributed by atoms with van der Waals surface area (Å²) in [4.78, 5) is 0. The van der Waals surface area contributed by atoms with E-state index in [1.54, 1.807) is 6.08 Å². The van der Waals surface area contributed by atoms with Crippen LogP contribution in [0.2, 0.25) is 0 Å². The van der Waals surface area contributed by atoms with Gasteiger partial charge >= 0.3 is 0 Å². The monoisotopic (exact) mass is 309 g/mol. The SMILES string of the molecule is C=CCCS(=O)(=O)N[C@H](C)c1cccc(OCC2CC2)c1. The van der Waals surface area contributed by atoms with Gasteiger partial charge in [-0.25, -0.2) is 13.1 Å². The molecule has 1 aromatic carbocycles. The van der Waals surface area contributed by atoms with E-state index in [9.17, 15) is 8.42 Å². The van der Waals surface area contributed by atoms with Crippen LogP contribution >= 0.6 is 0 Å². The lowest BCUT2D eigenvalue weighted by Gasteiger charge is -2.15. The van der Waals surface area contributed by atoms with Crippen molar-refractivity contribution in [3.63, 3.8) is 0 Å². The number of sulfonamides is 1. The van der Waals surface area contributed by atoms with E-state index in [-0.39, 0.29) is 11.8 Å². The third-order valence-corrected chi connectivity index (χ3v) is 4.97. The minimum absolute atomic E-state index is 0.0682. The second-order valence-corrected chi connectivity index (χ2v) is 7.44. The van der Waals surface area contributed by atoms with Crippen LogP contribution in [-0.4, -0.2) is 20.8 Å². The number of ether oxygens (including phenoxy) is 1. The molecule has 0 aliphatic heterocycles. The van der Waals surface area contributed by atoms with Crippen LogP contribution in [0, 0.1) is 5.92 Å². The fourth-order valence-corrected chi connectivity index (χ4v) is 3.28. The van der Waals surface area contributed by atoms with Crippen LogP contribution in [0.15, 0.2) is 36.9 Å². The summed E-state index contributed by atoms with van der Waals surface area (Å²) in [6, 6.07) is 7.34. The highest BCUT2D eigenvalue weighted by molar-refractivity contribution is 7.89. The Bertz CT molecular complexity index is 579. The first-order valence-corrected chi connectivity index (χ1v) is 8.99. The molecule has 116 valence electrons. The fourth-order valence-electron chi connectivity index (χ4n) is 2.01. The Kier molecular flexibility index (Phi) is 5.42. The van der Waals surface area contributed by atoms with Crippen molar-refractivity contribution >= 4 is 10.0 Å². The lowest BCUT2D eigenvalue weighted by molar-refractivity contribution is 0.299. The summed E-state index contributed by atoms with van der Waals surface area (Å²) in [6.45, 7) is 6.14. The van der Waals surface area contributed by atoms with Gasteiger partial charge in [-0.3, -0.25) is 0 Å². The summed E-state index contributed by atoms with van der Waals surface area (Å²) < 4.78 is 32.2.